The van der Waals surface area contributed by atoms with Crippen molar-refractivity contribution < 1.29 is 24.3 Å². The lowest BCUT2D eigenvalue weighted by molar-refractivity contribution is -0.141. The number of carbonyl (C=O) groups excluding carboxylic acids is 3. The zero-order chi connectivity index (χ0) is 26.8. The van der Waals surface area contributed by atoms with Gasteiger partial charge >= 0.3 is 5.97 Å². The fraction of sp³-hybridized carbons (Fsp3) is 0.684. The number of nitrogens with one attached hydrogen (secondary N) is 3. The van der Waals surface area contributed by atoms with Gasteiger partial charge in [0, 0.05) is 13.1 Å². The molecule has 3 amide bonds. The topological polar surface area (TPSA) is 279 Å². The molecule has 0 aliphatic heterocycles. The average molecular weight is 519 g/mol. The van der Waals surface area contributed by atoms with Gasteiger partial charge in [0.2, 0.25) is 17.7 Å². The van der Waals surface area contributed by atoms with E-state index in [0.717, 1.165) is 0 Å². The Labute approximate surface area is 208 Å². The van der Waals surface area contributed by atoms with Crippen molar-refractivity contribution >= 4 is 47.4 Å². The molecule has 0 spiro atoms. The standard InChI is InChI=1S/C19H38N10O5S/c1-35-9-6-13(17(33)34)28-14(30)10-27-16(32)12(5-3-8-26-19(23)24)29-15(31)11(20)4-2-7-25-18(21)22/h11-13H,2-10,20H2,1H3,(H,27,32)(H,28,30)(H,29,31)(H,33,34)(H4,21,22,25)(H4,23,24,26)/t11-,12-,13-/m0/s1. The molecule has 200 valence electrons. The van der Waals surface area contributed by atoms with Crippen LogP contribution in [0.4, 0.5) is 0 Å². The summed E-state index contributed by atoms with van der Waals surface area (Å²) in [4.78, 5) is 56.2. The summed E-state index contributed by atoms with van der Waals surface area (Å²) in [6.45, 7) is 0.0601. The molecule has 16 heteroatoms. The molecule has 0 saturated carbocycles. The lowest BCUT2D eigenvalue weighted by atomic mass is 10.1. The SMILES string of the molecule is CSCC[C@H](NC(=O)CNC(=O)[C@H](CCCN=C(N)N)NC(=O)[C@@H](N)CCCN=C(N)N)C(=O)O. The summed E-state index contributed by atoms with van der Waals surface area (Å²) in [5.74, 6) is -2.68. The van der Waals surface area contributed by atoms with E-state index < -0.39 is 48.4 Å². The highest BCUT2D eigenvalue weighted by Crippen LogP contribution is 2.03. The molecule has 0 aromatic carbocycles. The number of rotatable bonds is 18. The maximum Gasteiger partial charge on any atom is 0.326 e. The van der Waals surface area contributed by atoms with Gasteiger partial charge in [-0.3, -0.25) is 24.4 Å². The Morgan fingerprint density at radius 3 is 1.94 bits per heavy atom. The van der Waals surface area contributed by atoms with E-state index in [1.165, 1.54) is 11.8 Å². The molecule has 0 bridgehead atoms. The van der Waals surface area contributed by atoms with Crippen LogP contribution in [0.15, 0.2) is 9.98 Å². The van der Waals surface area contributed by atoms with Gasteiger partial charge in [0.25, 0.3) is 0 Å². The van der Waals surface area contributed by atoms with Crippen LogP contribution in [0.5, 0.6) is 0 Å². The van der Waals surface area contributed by atoms with Crippen molar-refractivity contribution in [1.82, 2.24) is 16.0 Å². The number of nitrogens with two attached hydrogens (primary N) is 5. The summed E-state index contributed by atoms with van der Waals surface area (Å²) in [5, 5.41) is 16.5. The largest absolute Gasteiger partial charge is 0.480 e. The van der Waals surface area contributed by atoms with Crippen LogP contribution in [-0.4, -0.2) is 90.5 Å². The monoisotopic (exact) mass is 518 g/mol. The number of hydrogen-bond acceptors (Lipinski definition) is 8. The molecule has 0 radical (unpaired) electrons. The summed E-state index contributed by atoms with van der Waals surface area (Å²) in [6, 6.07) is -2.99. The number of carbonyl (C=O) groups is 4. The molecule has 0 aliphatic rings. The number of hydrogen-bond donors (Lipinski definition) is 9. The third-order valence-corrected chi connectivity index (χ3v) is 5.19. The summed E-state index contributed by atoms with van der Waals surface area (Å²) in [7, 11) is 0. The van der Waals surface area contributed by atoms with Crippen molar-refractivity contribution in [3.8, 4) is 0 Å². The summed E-state index contributed by atoms with van der Waals surface area (Å²) in [5.41, 5.74) is 27.0. The second kappa shape index (κ2) is 18.1. The third kappa shape index (κ3) is 16.1. The van der Waals surface area contributed by atoms with Crippen LogP contribution in [-0.2, 0) is 19.2 Å². The predicted molar refractivity (Wildman–Crippen MR) is 135 cm³/mol. The third-order valence-electron chi connectivity index (χ3n) is 4.55. The second-order valence-electron chi connectivity index (χ2n) is 7.52. The molecule has 14 N–H and O–H groups in total. The van der Waals surface area contributed by atoms with Gasteiger partial charge in [0.1, 0.15) is 12.1 Å². The van der Waals surface area contributed by atoms with Crippen molar-refractivity contribution in [2.75, 3.05) is 31.6 Å². The lowest BCUT2D eigenvalue weighted by Gasteiger charge is -2.21. The van der Waals surface area contributed by atoms with E-state index in [1.54, 1.807) is 0 Å². The maximum absolute atomic E-state index is 12.7. The first kappa shape index (κ1) is 31.7. The van der Waals surface area contributed by atoms with Crippen molar-refractivity contribution in [3.63, 3.8) is 0 Å². The van der Waals surface area contributed by atoms with E-state index in [1.807, 2.05) is 6.26 Å². The van der Waals surface area contributed by atoms with E-state index in [2.05, 4.69) is 25.9 Å². The van der Waals surface area contributed by atoms with Crippen molar-refractivity contribution in [3.05, 3.63) is 0 Å². The number of thioether (sulfide) groups is 1. The smallest absolute Gasteiger partial charge is 0.326 e. The van der Waals surface area contributed by atoms with Crippen LogP contribution >= 0.6 is 11.8 Å². The Bertz CT molecular complexity index is 756. The molecule has 0 heterocycles. The van der Waals surface area contributed by atoms with Gasteiger partial charge in [-0.2, -0.15) is 11.8 Å². The molecule has 0 saturated heterocycles. The van der Waals surface area contributed by atoms with Crippen molar-refractivity contribution in [2.45, 2.75) is 50.2 Å². The van der Waals surface area contributed by atoms with Crippen molar-refractivity contribution in [2.24, 2.45) is 38.7 Å². The molecular weight excluding hydrogens is 480 g/mol. The number of guanidine groups is 2. The van der Waals surface area contributed by atoms with Gasteiger partial charge in [-0.1, -0.05) is 0 Å². The quantitative estimate of drug-likeness (QED) is 0.0484. The molecule has 0 aliphatic carbocycles. The van der Waals surface area contributed by atoms with Crippen LogP contribution < -0.4 is 44.6 Å². The van der Waals surface area contributed by atoms with Gasteiger partial charge < -0.3 is 49.7 Å². The molecular formula is C19H38N10O5S. The number of nitrogens with zero attached hydrogens (tertiary/aromatic N) is 2. The number of carboxylic acid groups (broad SMARTS) is 1. The van der Waals surface area contributed by atoms with Crippen LogP contribution in [0.2, 0.25) is 0 Å². The minimum absolute atomic E-state index is 0.0662. The summed E-state index contributed by atoms with van der Waals surface area (Å²) in [6.07, 6.45) is 3.31. The maximum atomic E-state index is 12.7. The summed E-state index contributed by atoms with van der Waals surface area (Å²) >= 11 is 1.45. The number of carboxylic acids is 1. The van der Waals surface area contributed by atoms with Gasteiger partial charge in [-0.25, -0.2) is 4.79 Å². The Morgan fingerprint density at radius 2 is 1.43 bits per heavy atom. The molecule has 0 aromatic heterocycles. The number of amides is 3. The average Bonchev–Trinajstić information content (AvgIpc) is 2.78. The van der Waals surface area contributed by atoms with Crippen LogP contribution in [0, 0.1) is 0 Å². The van der Waals surface area contributed by atoms with E-state index in [4.69, 9.17) is 28.7 Å². The van der Waals surface area contributed by atoms with Crippen LogP contribution in [0.3, 0.4) is 0 Å². The highest BCUT2D eigenvalue weighted by molar-refractivity contribution is 7.98. The minimum Gasteiger partial charge on any atom is -0.480 e. The van der Waals surface area contributed by atoms with Crippen molar-refractivity contribution in [1.29, 1.82) is 0 Å². The molecule has 0 unspecified atom stereocenters. The summed E-state index contributed by atoms with van der Waals surface area (Å²) < 4.78 is 0. The normalized spacial score (nSPS) is 13.0. The predicted octanol–water partition coefficient (Wildman–Crippen LogP) is -3.66. The van der Waals surface area contributed by atoms with E-state index in [9.17, 15) is 24.3 Å². The zero-order valence-electron chi connectivity index (χ0n) is 19.9. The van der Waals surface area contributed by atoms with Crippen LogP contribution in [0.25, 0.3) is 0 Å². The van der Waals surface area contributed by atoms with Gasteiger partial charge in [0.05, 0.1) is 12.6 Å². The number of aliphatic carboxylic acids is 1. The van der Waals surface area contributed by atoms with Gasteiger partial charge in [-0.05, 0) is 44.1 Å². The highest BCUT2D eigenvalue weighted by atomic mass is 32.2. The van der Waals surface area contributed by atoms with E-state index >= 15 is 0 Å². The highest BCUT2D eigenvalue weighted by Gasteiger charge is 2.25. The first-order valence-corrected chi connectivity index (χ1v) is 12.3. The molecule has 0 aromatic rings. The molecule has 35 heavy (non-hydrogen) atoms. The Kier molecular flexibility index (Phi) is 16.4. The minimum atomic E-state index is -1.17. The first-order valence-electron chi connectivity index (χ1n) is 10.9. The van der Waals surface area contributed by atoms with E-state index in [-0.39, 0.29) is 37.7 Å². The Balaban J connectivity index is 4.96. The Hall–Kier alpha value is -3.27. The molecule has 0 fully saturated rings. The molecule has 0 rings (SSSR count). The fourth-order valence-corrected chi connectivity index (χ4v) is 3.20. The van der Waals surface area contributed by atoms with Gasteiger partial charge in [-0.15, -0.1) is 0 Å². The fourth-order valence-electron chi connectivity index (χ4n) is 2.73. The molecule has 3 atom stereocenters. The second-order valence-corrected chi connectivity index (χ2v) is 8.51. The first-order chi connectivity index (χ1) is 16.5. The van der Waals surface area contributed by atoms with Gasteiger partial charge in [0.15, 0.2) is 11.9 Å². The van der Waals surface area contributed by atoms with Crippen LogP contribution in [0.1, 0.15) is 32.1 Å². The molecule has 15 nitrogen and oxygen atoms in total. The zero-order valence-corrected chi connectivity index (χ0v) is 20.7. The Morgan fingerprint density at radius 1 is 0.857 bits per heavy atom. The lowest BCUT2D eigenvalue weighted by Crippen LogP contribution is -2.53. The number of aliphatic imine (C=N–C) groups is 2. The van der Waals surface area contributed by atoms with E-state index in [0.29, 0.717) is 25.1 Å².